The average Bonchev–Trinajstić information content (AvgIpc) is 2.85. The number of pyridine rings is 1. The molecule has 1 aromatic carbocycles. The van der Waals surface area contributed by atoms with Crippen molar-refractivity contribution in [3.05, 3.63) is 77.3 Å². The highest BCUT2D eigenvalue weighted by Crippen LogP contribution is 2.32. The molecular formula is C27H34N4O3. The molecule has 2 aromatic rings. The Hall–Kier alpha value is -3.48. The Morgan fingerprint density at radius 3 is 2.44 bits per heavy atom. The van der Waals surface area contributed by atoms with Crippen LogP contribution in [-0.2, 0) is 27.3 Å². The maximum absolute atomic E-state index is 13.4. The third-order valence-corrected chi connectivity index (χ3v) is 6.26. The lowest BCUT2D eigenvalue weighted by atomic mass is 9.88. The topological polar surface area (TPSA) is 82.6 Å². The molecule has 3 rings (SSSR count). The molecule has 1 aliphatic heterocycles. The smallest absolute Gasteiger partial charge is 0.251 e. The summed E-state index contributed by atoms with van der Waals surface area (Å²) < 4.78 is 0. The third-order valence-electron chi connectivity index (χ3n) is 6.26. The Morgan fingerprint density at radius 1 is 1.09 bits per heavy atom. The summed E-state index contributed by atoms with van der Waals surface area (Å²) >= 11 is 0. The highest BCUT2D eigenvalue weighted by atomic mass is 16.2. The zero-order valence-corrected chi connectivity index (χ0v) is 20.3. The molecule has 1 unspecified atom stereocenters. The molecule has 0 fully saturated rings. The van der Waals surface area contributed by atoms with E-state index in [-0.39, 0.29) is 30.6 Å². The molecule has 0 saturated carbocycles. The standard InChI is InChI=1S/C27H34N4O3/c1-4-30(5-2)27(34)24-17-22(18-25(32)29-16-14-23-13-9-10-15-28-23)26(33)31(20(24)3)19-21-11-7-6-8-12-21/h6-13,15,22H,4-5,14,16-19H2,1-3H3,(H,29,32). The van der Waals surface area contributed by atoms with Crippen molar-refractivity contribution < 1.29 is 14.4 Å². The van der Waals surface area contributed by atoms with E-state index in [2.05, 4.69) is 10.3 Å². The Bertz CT molecular complexity index is 1020. The van der Waals surface area contributed by atoms with Crippen LogP contribution in [0.2, 0.25) is 0 Å². The van der Waals surface area contributed by atoms with Gasteiger partial charge in [-0.05, 0) is 44.9 Å². The van der Waals surface area contributed by atoms with Gasteiger partial charge in [-0.25, -0.2) is 0 Å². The Balaban J connectivity index is 1.75. The molecule has 34 heavy (non-hydrogen) atoms. The second-order valence-electron chi connectivity index (χ2n) is 8.48. The maximum atomic E-state index is 13.4. The van der Waals surface area contributed by atoms with Crippen LogP contribution in [0, 0.1) is 5.92 Å². The van der Waals surface area contributed by atoms with Crippen LogP contribution in [0.15, 0.2) is 66.0 Å². The number of hydrogen-bond acceptors (Lipinski definition) is 4. The second-order valence-corrected chi connectivity index (χ2v) is 8.48. The van der Waals surface area contributed by atoms with Gasteiger partial charge in [-0.1, -0.05) is 36.4 Å². The molecule has 3 amide bonds. The predicted octanol–water partition coefficient (Wildman–Crippen LogP) is 3.32. The second kappa shape index (κ2) is 12.1. The Morgan fingerprint density at radius 2 is 1.79 bits per heavy atom. The van der Waals surface area contributed by atoms with Crippen molar-refractivity contribution in [3.8, 4) is 0 Å². The molecule has 1 atom stereocenters. The van der Waals surface area contributed by atoms with Gasteiger partial charge in [-0.15, -0.1) is 0 Å². The van der Waals surface area contributed by atoms with Gasteiger partial charge in [0.1, 0.15) is 0 Å². The van der Waals surface area contributed by atoms with Gasteiger partial charge < -0.3 is 15.1 Å². The van der Waals surface area contributed by atoms with Crippen LogP contribution in [0.25, 0.3) is 0 Å². The van der Waals surface area contributed by atoms with Gasteiger partial charge in [0.2, 0.25) is 11.8 Å². The van der Waals surface area contributed by atoms with E-state index in [0.717, 1.165) is 11.3 Å². The minimum Gasteiger partial charge on any atom is -0.356 e. The summed E-state index contributed by atoms with van der Waals surface area (Å²) in [6, 6.07) is 15.4. The SMILES string of the molecule is CCN(CC)C(=O)C1=C(C)N(Cc2ccccc2)C(=O)C(CC(=O)NCCc2ccccn2)C1. The molecule has 0 bridgehead atoms. The van der Waals surface area contributed by atoms with Crippen LogP contribution in [-0.4, -0.2) is 52.1 Å². The van der Waals surface area contributed by atoms with E-state index in [9.17, 15) is 14.4 Å². The molecular weight excluding hydrogens is 428 g/mol. The summed E-state index contributed by atoms with van der Waals surface area (Å²) in [5.41, 5.74) is 3.17. The number of likely N-dealkylation sites (N-methyl/N-ethyl adjacent to an activating group) is 1. The van der Waals surface area contributed by atoms with Gasteiger partial charge in [-0.3, -0.25) is 19.4 Å². The number of nitrogens with zero attached hydrogens (tertiary/aromatic N) is 3. The van der Waals surface area contributed by atoms with Crippen LogP contribution >= 0.6 is 0 Å². The van der Waals surface area contributed by atoms with E-state index < -0.39 is 5.92 Å². The van der Waals surface area contributed by atoms with E-state index in [1.54, 1.807) is 16.0 Å². The summed E-state index contributed by atoms with van der Waals surface area (Å²) in [6.45, 7) is 7.73. The molecule has 180 valence electrons. The molecule has 1 aromatic heterocycles. The van der Waals surface area contributed by atoms with Crippen molar-refractivity contribution >= 4 is 17.7 Å². The van der Waals surface area contributed by atoms with Crippen molar-refractivity contribution in [3.63, 3.8) is 0 Å². The average molecular weight is 463 g/mol. The van der Waals surface area contributed by atoms with E-state index in [0.29, 0.717) is 43.9 Å². The van der Waals surface area contributed by atoms with Crippen LogP contribution in [0.4, 0.5) is 0 Å². The van der Waals surface area contributed by atoms with Crippen molar-refractivity contribution in [1.82, 2.24) is 20.1 Å². The van der Waals surface area contributed by atoms with E-state index >= 15 is 0 Å². The quantitative estimate of drug-likeness (QED) is 0.587. The zero-order chi connectivity index (χ0) is 24.5. The summed E-state index contributed by atoms with van der Waals surface area (Å²) in [5, 5.41) is 2.90. The molecule has 1 N–H and O–H groups in total. The van der Waals surface area contributed by atoms with E-state index in [4.69, 9.17) is 0 Å². The number of amides is 3. The highest BCUT2D eigenvalue weighted by Gasteiger charge is 2.37. The Kier molecular flexibility index (Phi) is 8.96. The molecule has 7 heteroatoms. The van der Waals surface area contributed by atoms with Crippen LogP contribution in [0.5, 0.6) is 0 Å². The zero-order valence-electron chi connectivity index (χ0n) is 20.3. The lowest BCUT2D eigenvalue weighted by Gasteiger charge is -2.36. The molecule has 7 nitrogen and oxygen atoms in total. The van der Waals surface area contributed by atoms with Crippen molar-refractivity contribution in [2.45, 2.75) is 46.6 Å². The molecule has 2 heterocycles. The first kappa shape index (κ1) is 25.1. The summed E-state index contributed by atoms with van der Waals surface area (Å²) in [5.74, 6) is -0.939. The van der Waals surface area contributed by atoms with Gasteiger partial charge in [0.05, 0.1) is 12.5 Å². The summed E-state index contributed by atoms with van der Waals surface area (Å²) in [7, 11) is 0. The van der Waals surface area contributed by atoms with Crippen LogP contribution < -0.4 is 5.32 Å². The number of hydrogen-bond donors (Lipinski definition) is 1. The fourth-order valence-electron chi connectivity index (χ4n) is 4.27. The lowest BCUT2D eigenvalue weighted by Crippen LogP contribution is -2.44. The normalized spacial score (nSPS) is 15.9. The molecule has 0 radical (unpaired) electrons. The molecule has 0 spiro atoms. The molecule has 0 aliphatic carbocycles. The fourth-order valence-corrected chi connectivity index (χ4v) is 4.27. The summed E-state index contributed by atoms with van der Waals surface area (Å²) in [6.07, 6.45) is 2.67. The third kappa shape index (κ3) is 6.31. The largest absolute Gasteiger partial charge is 0.356 e. The fraction of sp³-hybridized carbons (Fsp3) is 0.407. The van der Waals surface area contributed by atoms with Gasteiger partial charge in [0.15, 0.2) is 0 Å². The van der Waals surface area contributed by atoms with Crippen molar-refractivity contribution in [1.29, 1.82) is 0 Å². The number of carbonyl (C=O) groups excluding carboxylic acids is 3. The number of rotatable bonds is 10. The number of benzene rings is 1. The van der Waals surface area contributed by atoms with Crippen molar-refractivity contribution in [2.75, 3.05) is 19.6 Å². The number of nitrogens with one attached hydrogen (secondary N) is 1. The van der Waals surface area contributed by atoms with Gasteiger partial charge in [0, 0.05) is 55.6 Å². The van der Waals surface area contributed by atoms with E-state index in [1.165, 1.54) is 0 Å². The monoisotopic (exact) mass is 462 g/mol. The van der Waals surface area contributed by atoms with Crippen LogP contribution in [0.1, 0.15) is 44.9 Å². The minimum atomic E-state index is -0.572. The van der Waals surface area contributed by atoms with E-state index in [1.807, 2.05) is 69.3 Å². The first-order valence-corrected chi connectivity index (χ1v) is 12.0. The number of allylic oxidation sites excluding steroid dienone is 1. The van der Waals surface area contributed by atoms with Gasteiger partial charge in [0.25, 0.3) is 5.91 Å². The maximum Gasteiger partial charge on any atom is 0.251 e. The Labute approximate surface area is 201 Å². The summed E-state index contributed by atoms with van der Waals surface area (Å²) in [4.78, 5) is 47.1. The highest BCUT2D eigenvalue weighted by molar-refractivity contribution is 5.98. The first-order chi connectivity index (χ1) is 16.4. The van der Waals surface area contributed by atoms with Gasteiger partial charge in [-0.2, -0.15) is 0 Å². The van der Waals surface area contributed by atoms with Gasteiger partial charge >= 0.3 is 0 Å². The number of carbonyl (C=O) groups is 3. The number of aromatic nitrogens is 1. The minimum absolute atomic E-state index is 0.0502. The predicted molar refractivity (Wildman–Crippen MR) is 131 cm³/mol. The van der Waals surface area contributed by atoms with Crippen LogP contribution in [0.3, 0.4) is 0 Å². The first-order valence-electron chi connectivity index (χ1n) is 12.0. The molecule has 0 saturated heterocycles. The lowest BCUT2D eigenvalue weighted by molar-refractivity contribution is -0.139. The van der Waals surface area contributed by atoms with Crippen molar-refractivity contribution in [2.24, 2.45) is 5.92 Å². The molecule has 1 aliphatic rings.